The highest BCUT2D eigenvalue weighted by atomic mass is 16.5. The Labute approximate surface area is 120 Å². The molecule has 5 heteroatoms. The number of hydrogen-bond donors (Lipinski definition) is 2. The van der Waals surface area contributed by atoms with Gasteiger partial charge in [0.2, 0.25) is 0 Å². The summed E-state index contributed by atoms with van der Waals surface area (Å²) in [6.07, 6.45) is 0.378. The molecule has 0 spiro atoms. The molecule has 0 radical (unpaired) electrons. The van der Waals surface area contributed by atoms with Crippen molar-refractivity contribution in [3.8, 4) is 0 Å². The summed E-state index contributed by atoms with van der Waals surface area (Å²) in [6.45, 7) is 7.89. The van der Waals surface area contributed by atoms with Crippen LogP contribution in [0.4, 0.5) is 16.2 Å². The number of likely N-dealkylation sites (N-methyl/N-ethyl adjacent to an activating group) is 1. The van der Waals surface area contributed by atoms with Crippen molar-refractivity contribution in [1.82, 2.24) is 0 Å². The van der Waals surface area contributed by atoms with Crippen LogP contribution in [0, 0.1) is 6.92 Å². The third-order valence-electron chi connectivity index (χ3n) is 3.00. The van der Waals surface area contributed by atoms with Crippen LogP contribution >= 0.6 is 0 Å². The van der Waals surface area contributed by atoms with E-state index in [1.807, 2.05) is 39.0 Å². The highest BCUT2D eigenvalue weighted by Crippen LogP contribution is 2.22. The van der Waals surface area contributed by atoms with Crippen molar-refractivity contribution in [2.75, 3.05) is 36.5 Å². The number of amides is 1. The molecule has 1 amide bonds. The maximum absolute atomic E-state index is 11.5. The van der Waals surface area contributed by atoms with Gasteiger partial charge in [-0.3, -0.25) is 5.32 Å². The van der Waals surface area contributed by atoms with E-state index in [0.717, 1.165) is 29.9 Å². The van der Waals surface area contributed by atoms with E-state index in [0.29, 0.717) is 13.2 Å². The number of ether oxygens (including phenoxy) is 1. The van der Waals surface area contributed by atoms with Crippen LogP contribution in [-0.2, 0) is 4.74 Å². The number of benzene rings is 1. The van der Waals surface area contributed by atoms with Gasteiger partial charge in [-0.1, -0.05) is 6.92 Å². The quantitative estimate of drug-likeness (QED) is 0.806. The summed E-state index contributed by atoms with van der Waals surface area (Å²) in [7, 11) is 0. The van der Waals surface area contributed by atoms with Gasteiger partial charge in [0, 0.05) is 24.5 Å². The van der Waals surface area contributed by atoms with Crippen LogP contribution < -0.4 is 10.2 Å². The Morgan fingerprint density at radius 2 is 2.15 bits per heavy atom. The molecular weight excluding hydrogens is 256 g/mol. The summed E-state index contributed by atoms with van der Waals surface area (Å²) in [4.78, 5) is 13.6. The summed E-state index contributed by atoms with van der Waals surface area (Å²) in [5.74, 6) is 0. The molecule has 0 saturated carbocycles. The van der Waals surface area contributed by atoms with Gasteiger partial charge in [-0.15, -0.1) is 0 Å². The first-order valence-electron chi connectivity index (χ1n) is 7.02. The molecule has 0 heterocycles. The van der Waals surface area contributed by atoms with E-state index < -0.39 is 6.09 Å². The van der Waals surface area contributed by atoms with Crippen molar-refractivity contribution in [2.45, 2.75) is 27.2 Å². The van der Waals surface area contributed by atoms with Crippen molar-refractivity contribution in [2.24, 2.45) is 0 Å². The standard InChI is InChI=1S/C15H24N2O3/c1-4-10-20-15(19)16-14-7-6-13(11-12(14)3)17(5-2)8-9-18/h6-7,11,18H,4-5,8-10H2,1-3H3,(H,16,19). The number of carbonyl (C=O) groups is 1. The van der Waals surface area contributed by atoms with Crippen molar-refractivity contribution in [3.05, 3.63) is 23.8 Å². The Morgan fingerprint density at radius 1 is 1.40 bits per heavy atom. The third-order valence-corrected chi connectivity index (χ3v) is 3.00. The fraction of sp³-hybridized carbons (Fsp3) is 0.533. The van der Waals surface area contributed by atoms with Gasteiger partial charge in [0.25, 0.3) is 0 Å². The van der Waals surface area contributed by atoms with Gasteiger partial charge >= 0.3 is 6.09 Å². The summed E-state index contributed by atoms with van der Waals surface area (Å²) in [6, 6.07) is 5.79. The van der Waals surface area contributed by atoms with E-state index in [4.69, 9.17) is 9.84 Å². The summed E-state index contributed by atoms with van der Waals surface area (Å²) in [5, 5.41) is 11.8. The molecular formula is C15H24N2O3. The first-order chi connectivity index (χ1) is 9.62. The number of carbonyl (C=O) groups excluding carboxylic acids is 1. The molecule has 5 nitrogen and oxygen atoms in total. The van der Waals surface area contributed by atoms with Crippen LogP contribution in [-0.4, -0.2) is 37.5 Å². The smallest absolute Gasteiger partial charge is 0.411 e. The van der Waals surface area contributed by atoms with E-state index in [9.17, 15) is 4.79 Å². The Hall–Kier alpha value is -1.75. The lowest BCUT2D eigenvalue weighted by Gasteiger charge is -2.23. The number of aliphatic hydroxyl groups is 1. The molecule has 0 unspecified atom stereocenters. The Kier molecular flexibility index (Phi) is 6.87. The maximum atomic E-state index is 11.5. The number of aliphatic hydroxyl groups excluding tert-OH is 1. The minimum atomic E-state index is -0.426. The molecule has 0 saturated heterocycles. The fourth-order valence-electron chi connectivity index (χ4n) is 1.92. The Balaban J connectivity index is 2.74. The van der Waals surface area contributed by atoms with Gasteiger partial charge < -0.3 is 14.7 Å². The number of hydrogen-bond acceptors (Lipinski definition) is 4. The zero-order valence-electron chi connectivity index (χ0n) is 12.5. The topological polar surface area (TPSA) is 61.8 Å². The largest absolute Gasteiger partial charge is 0.449 e. The molecule has 0 aliphatic heterocycles. The molecule has 0 aliphatic carbocycles. The lowest BCUT2D eigenvalue weighted by Crippen LogP contribution is -2.26. The number of anilines is 2. The molecule has 2 N–H and O–H groups in total. The Morgan fingerprint density at radius 3 is 2.70 bits per heavy atom. The van der Waals surface area contributed by atoms with Crippen molar-refractivity contribution in [3.63, 3.8) is 0 Å². The number of aryl methyl sites for hydroxylation is 1. The second-order valence-electron chi connectivity index (χ2n) is 4.56. The minimum absolute atomic E-state index is 0.121. The van der Waals surface area contributed by atoms with Gasteiger partial charge in [0.1, 0.15) is 0 Å². The SMILES string of the molecule is CCCOC(=O)Nc1ccc(N(CC)CCO)cc1C. The molecule has 0 bridgehead atoms. The molecule has 0 atom stereocenters. The number of nitrogens with one attached hydrogen (secondary N) is 1. The van der Waals surface area contributed by atoms with Crippen LogP contribution in [0.25, 0.3) is 0 Å². The van der Waals surface area contributed by atoms with Gasteiger partial charge in [-0.25, -0.2) is 4.79 Å². The molecule has 0 aliphatic rings. The van der Waals surface area contributed by atoms with Crippen LogP contribution in [0.15, 0.2) is 18.2 Å². The van der Waals surface area contributed by atoms with E-state index in [2.05, 4.69) is 10.2 Å². The van der Waals surface area contributed by atoms with Gasteiger partial charge in [0.15, 0.2) is 0 Å². The normalized spacial score (nSPS) is 10.2. The van der Waals surface area contributed by atoms with Crippen LogP contribution in [0.2, 0.25) is 0 Å². The zero-order chi connectivity index (χ0) is 15.0. The van der Waals surface area contributed by atoms with E-state index in [1.165, 1.54) is 0 Å². The van der Waals surface area contributed by atoms with Crippen LogP contribution in [0.5, 0.6) is 0 Å². The minimum Gasteiger partial charge on any atom is -0.449 e. The summed E-state index contributed by atoms with van der Waals surface area (Å²) < 4.78 is 4.99. The highest BCUT2D eigenvalue weighted by molar-refractivity contribution is 5.86. The second kappa shape index (κ2) is 8.43. The van der Waals surface area contributed by atoms with E-state index in [-0.39, 0.29) is 6.61 Å². The predicted molar refractivity (Wildman–Crippen MR) is 81.4 cm³/mol. The molecule has 1 aromatic rings. The summed E-state index contributed by atoms with van der Waals surface area (Å²) >= 11 is 0. The maximum Gasteiger partial charge on any atom is 0.411 e. The highest BCUT2D eigenvalue weighted by Gasteiger charge is 2.08. The lowest BCUT2D eigenvalue weighted by molar-refractivity contribution is 0.161. The van der Waals surface area contributed by atoms with Crippen molar-refractivity contribution in [1.29, 1.82) is 0 Å². The average Bonchev–Trinajstić information content (AvgIpc) is 2.44. The number of nitrogens with zero attached hydrogens (tertiary/aromatic N) is 1. The van der Waals surface area contributed by atoms with E-state index in [1.54, 1.807) is 0 Å². The lowest BCUT2D eigenvalue weighted by atomic mass is 10.1. The molecule has 0 fully saturated rings. The van der Waals surface area contributed by atoms with Crippen molar-refractivity contribution < 1.29 is 14.6 Å². The first-order valence-corrected chi connectivity index (χ1v) is 7.02. The van der Waals surface area contributed by atoms with E-state index >= 15 is 0 Å². The molecule has 20 heavy (non-hydrogen) atoms. The van der Waals surface area contributed by atoms with Crippen LogP contribution in [0.1, 0.15) is 25.8 Å². The monoisotopic (exact) mass is 280 g/mol. The molecule has 1 rings (SSSR count). The molecule has 112 valence electrons. The molecule has 1 aromatic carbocycles. The molecule has 0 aromatic heterocycles. The average molecular weight is 280 g/mol. The second-order valence-corrected chi connectivity index (χ2v) is 4.56. The number of rotatable bonds is 7. The first kappa shape index (κ1) is 16.3. The summed E-state index contributed by atoms with van der Waals surface area (Å²) in [5.41, 5.74) is 2.74. The van der Waals surface area contributed by atoms with Crippen molar-refractivity contribution >= 4 is 17.5 Å². The fourth-order valence-corrected chi connectivity index (χ4v) is 1.92. The predicted octanol–water partition coefficient (Wildman–Crippen LogP) is 2.77. The van der Waals surface area contributed by atoms with Gasteiger partial charge in [-0.2, -0.15) is 0 Å². The van der Waals surface area contributed by atoms with Gasteiger partial charge in [-0.05, 0) is 44.0 Å². The van der Waals surface area contributed by atoms with Crippen LogP contribution in [0.3, 0.4) is 0 Å². The zero-order valence-corrected chi connectivity index (χ0v) is 12.5. The Bertz CT molecular complexity index is 435. The van der Waals surface area contributed by atoms with Gasteiger partial charge in [0.05, 0.1) is 13.2 Å². The third kappa shape index (κ3) is 4.74.